The first-order valence-electron chi connectivity index (χ1n) is 10.4. The number of carbonyl (C=O) groups excluding carboxylic acids is 1. The van der Waals surface area contributed by atoms with Crippen LogP contribution >= 0.6 is 23.5 Å². The Morgan fingerprint density at radius 2 is 1.76 bits per heavy atom. The summed E-state index contributed by atoms with van der Waals surface area (Å²) in [6.45, 7) is -0.832. The number of rotatable bonds is 10. The monoisotopic (exact) mass is 595 g/mol. The van der Waals surface area contributed by atoms with E-state index in [2.05, 4.69) is 33.4 Å². The normalized spacial score (nSPS) is 23.1. The van der Waals surface area contributed by atoms with Crippen molar-refractivity contribution < 1.29 is 61.1 Å². The van der Waals surface area contributed by atoms with Crippen LogP contribution in [0.15, 0.2) is 43.0 Å². The summed E-state index contributed by atoms with van der Waals surface area (Å²) in [7, 11) is -16.6. The lowest BCUT2D eigenvalue weighted by molar-refractivity contribution is -0.0423. The van der Waals surface area contributed by atoms with E-state index in [1.807, 2.05) is 0 Å². The average molecular weight is 595 g/mol. The van der Waals surface area contributed by atoms with Crippen molar-refractivity contribution in [1.29, 1.82) is 0 Å². The molecule has 4 rings (SSSR count). The van der Waals surface area contributed by atoms with Crippen molar-refractivity contribution in [3.63, 3.8) is 0 Å². The molecule has 0 spiro atoms. The highest BCUT2D eigenvalue weighted by molar-refractivity contribution is 7.66. The number of ether oxygens (including phenoxy) is 1. The van der Waals surface area contributed by atoms with Gasteiger partial charge in [0.1, 0.15) is 18.7 Å². The topological polar surface area (TPSA) is 262 Å². The quantitative estimate of drug-likeness (QED) is 0.179. The van der Waals surface area contributed by atoms with Gasteiger partial charge >= 0.3 is 23.5 Å². The van der Waals surface area contributed by atoms with Crippen LogP contribution in [-0.2, 0) is 31.6 Å². The van der Waals surface area contributed by atoms with Gasteiger partial charge in [-0.2, -0.15) is 8.62 Å². The number of amides is 1. The lowest BCUT2D eigenvalue weighted by Gasteiger charge is -2.19. The number of nitrogens with zero attached hydrogens (tertiary/aromatic N) is 4. The zero-order valence-electron chi connectivity index (χ0n) is 18.8. The molecule has 0 saturated carbocycles. The van der Waals surface area contributed by atoms with E-state index in [9.17, 15) is 33.4 Å². The summed E-state index contributed by atoms with van der Waals surface area (Å²) in [6, 6.07) is 8.38. The molecule has 1 aromatic carbocycles. The molecule has 2 unspecified atom stereocenters. The number of hydrogen-bond donors (Lipinski definition) is 6. The standard InChI is InChI=1S/C17H20N5O13P3/c23-11-6-13(33-12(11)7-32-37(28,29)35-38(30,31)34-36(25,26)27)22-9-20-14-15(18-8-19-16(14)22)21-17(24)10-4-2-1-3-5-10/h1-5,8-9,11-13,23H,6-7H2,(H,28,29)(H,30,31)(H2,25,26,27)(H,18,19,21,24)/t11-,12+,13+/m0/s1. The van der Waals surface area contributed by atoms with Crippen molar-refractivity contribution in [1.82, 2.24) is 19.5 Å². The fourth-order valence-corrected chi connectivity index (χ4v) is 6.46. The molecule has 0 radical (unpaired) electrons. The van der Waals surface area contributed by atoms with Crippen LogP contribution < -0.4 is 5.32 Å². The molecule has 2 aromatic heterocycles. The predicted octanol–water partition coefficient (Wildman–Crippen LogP) is 1.07. The summed E-state index contributed by atoms with van der Waals surface area (Å²) in [5, 5.41) is 13.0. The van der Waals surface area contributed by atoms with Crippen molar-refractivity contribution in [3.05, 3.63) is 48.5 Å². The molecular weight excluding hydrogens is 575 g/mol. The largest absolute Gasteiger partial charge is 0.490 e. The SMILES string of the molecule is O=C(Nc1ncnc2c1ncn2[C@H]1C[C@H](O)[C@@H](COP(=O)(O)OP(=O)(O)OP(=O)(O)O)O1)c1ccccc1. The van der Waals surface area contributed by atoms with Gasteiger partial charge < -0.3 is 34.7 Å². The van der Waals surface area contributed by atoms with Gasteiger partial charge in [-0.05, 0) is 12.1 Å². The number of nitrogens with one attached hydrogen (secondary N) is 1. The zero-order chi connectivity index (χ0) is 27.7. The predicted molar refractivity (Wildman–Crippen MR) is 124 cm³/mol. The van der Waals surface area contributed by atoms with Crippen LogP contribution in [0.2, 0.25) is 0 Å². The first-order valence-corrected chi connectivity index (χ1v) is 14.9. The van der Waals surface area contributed by atoms with Crippen molar-refractivity contribution in [2.45, 2.75) is 24.9 Å². The Balaban J connectivity index is 1.42. The maximum atomic E-state index is 12.5. The summed E-state index contributed by atoms with van der Waals surface area (Å²) >= 11 is 0. The van der Waals surface area contributed by atoms with Gasteiger partial charge in [0.05, 0.1) is 19.0 Å². The molecule has 3 heterocycles. The van der Waals surface area contributed by atoms with Gasteiger partial charge in [-0.25, -0.2) is 28.6 Å². The second-order valence-corrected chi connectivity index (χ2v) is 12.1. The van der Waals surface area contributed by atoms with Crippen LogP contribution in [0.25, 0.3) is 11.2 Å². The second-order valence-electron chi connectivity index (χ2n) is 7.69. The van der Waals surface area contributed by atoms with Gasteiger partial charge in [0.25, 0.3) is 5.91 Å². The smallest absolute Gasteiger partial charge is 0.390 e. The van der Waals surface area contributed by atoms with Crippen LogP contribution in [0.4, 0.5) is 5.82 Å². The van der Waals surface area contributed by atoms with Crippen LogP contribution in [-0.4, -0.2) is 68.9 Å². The molecule has 18 nitrogen and oxygen atoms in total. The van der Waals surface area contributed by atoms with Gasteiger partial charge in [0.15, 0.2) is 17.0 Å². The Kier molecular flexibility index (Phi) is 8.26. The molecule has 6 N–H and O–H groups in total. The number of carbonyl (C=O) groups is 1. The Hall–Kier alpha value is -2.43. The van der Waals surface area contributed by atoms with E-state index in [1.165, 1.54) is 17.2 Å². The van der Waals surface area contributed by atoms with Gasteiger partial charge in [-0.15, -0.1) is 0 Å². The fourth-order valence-electron chi connectivity index (χ4n) is 3.43. The number of phosphoric acid groups is 3. The number of phosphoric ester groups is 1. The molecule has 3 aromatic rings. The van der Waals surface area contributed by atoms with E-state index >= 15 is 0 Å². The summed E-state index contributed by atoms with van der Waals surface area (Å²) in [4.78, 5) is 60.9. The van der Waals surface area contributed by atoms with Crippen molar-refractivity contribution in [3.8, 4) is 0 Å². The third-order valence-electron chi connectivity index (χ3n) is 4.96. The van der Waals surface area contributed by atoms with Gasteiger partial charge in [0.2, 0.25) is 0 Å². The summed E-state index contributed by atoms with van der Waals surface area (Å²) < 4.78 is 53.0. The minimum atomic E-state index is -5.69. The number of aliphatic hydroxyl groups excluding tert-OH is 1. The maximum absolute atomic E-state index is 12.5. The molecule has 206 valence electrons. The Bertz CT molecular complexity index is 1460. The van der Waals surface area contributed by atoms with Crippen LogP contribution in [0.3, 0.4) is 0 Å². The molecule has 1 amide bonds. The molecule has 0 bridgehead atoms. The van der Waals surface area contributed by atoms with Crippen LogP contribution in [0, 0.1) is 0 Å². The third-order valence-corrected chi connectivity index (χ3v) is 8.76. The Morgan fingerprint density at radius 1 is 1.05 bits per heavy atom. The molecular formula is C17H20N5O13P3. The van der Waals surface area contributed by atoms with Crippen molar-refractivity contribution in [2.75, 3.05) is 11.9 Å². The van der Waals surface area contributed by atoms with Gasteiger partial charge in [0, 0.05) is 12.0 Å². The molecule has 21 heteroatoms. The second kappa shape index (κ2) is 11.0. The highest BCUT2D eigenvalue weighted by Gasteiger charge is 2.43. The number of benzene rings is 1. The van der Waals surface area contributed by atoms with E-state index < -0.39 is 54.4 Å². The zero-order valence-corrected chi connectivity index (χ0v) is 21.5. The van der Waals surface area contributed by atoms with Crippen LogP contribution in [0.1, 0.15) is 23.0 Å². The number of imidazole rings is 1. The van der Waals surface area contributed by atoms with Crippen molar-refractivity contribution in [2.24, 2.45) is 0 Å². The molecule has 1 fully saturated rings. The van der Waals surface area contributed by atoms with E-state index in [0.717, 1.165) is 0 Å². The first kappa shape index (κ1) is 28.6. The third kappa shape index (κ3) is 7.15. The number of anilines is 1. The Labute approximate surface area is 212 Å². The molecule has 1 aliphatic heterocycles. The van der Waals surface area contributed by atoms with E-state index in [4.69, 9.17) is 14.5 Å². The molecule has 1 aliphatic rings. The molecule has 0 aliphatic carbocycles. The summed E-state index contributed by atoms with van der Waals surface area (Å²) in [6.07, 6.45) is -0.979. The van der Waals surface area contributed by atoms with Crippen molar-refractivity contribution >= 4 is 46.4 Å². The maximum Gasteiger partial charge on any atom is 0.490 e. The number of aliphatic hydroxyl groups is 1. The number of fused-ring (bicyclic) bond motifs is 1. The summed E-state index contributed by atoms with van der Waals surface area (Å²) in [5.74, 6) is -0.315. The first-order chi connectivity index (χ1) is 17.7. The van der Waals surface area contributed by atoms with E-state index in [-0.39, 0.29) is 23.4 Å². The highest BCUT2D eigenvalue weighted by atomic mass is 31.3. The van der Waals surface area contributed by atoms with E-state index in [0.29, 0.717) is 5.56 Å². The molecule has 5 atom stereocenters. The fraction of sp³-hybridized carbons (Fsp3) is 0.294. The minimum Gasteiger partial charge on any atom is -0.390 e. The van der Waals surface area contributed by atoms with Crippen LogP contribution in [0.5, 0.6) is 0 Å². The Morgan fingerprint density at radius 3 is 2.45 bits per heavy atom. The van der Waals surface area contributed by atoms with Gasteiger partial charge in [-0.1, -0.05) is 18.2 Å². The summed E-state index contributed by atoms with van der Waals surface area (Å²) in [5.41, 5.74) is 0.834. The average Bonchev–Trinajstić information content (AvgIpc) is 3.39. The molecule has 38 heavy (non-hydrogen) atoms. The number of aromatic nitrogens is 4. The van der Waals surface area contributed by atoms with E-state index in [1.54, 1.807) is 30.3 Å². The highest BCUT2D eigenvalue weighted by Crippen LogP contribution is 2.66. The number of hydrogen-bond acceptors (Lipinski definition) is 12. The molecule has 1 saturated heterocycles. The lowest BCUT2D eigenvalue weighted by Crippen LogP contribution is -2.26. The lowest BCUT2D eigenvalue weighted by atomic mass is 10.2. The van der Waals surface area contributed by atoms with Gasteiger partial charge in [-0.3, -0.25) is 13.9 Å². The minimum absolute atomic E-state index is 0.0639.